The van der Waals surface area contributed by atoms with E-state index in [1.165, 1.54) is 16.8 Å². The third kappa shape index (κ3) is 3.24. The molecule has 1 amide bonds. The molecule has 100 valence electrons. The molecule has 0 bridgehead atoms. The number of hydrogen-bond donors (Lipinski definition) is 1. The Morgan fingerprint density at radius 1 is 1.61 bits per heavy atom. The number of nitrogens with zero attached hydrogens (tertiary/aromatic N) is 3. The fourth-order valence-electron chi connectivity index (χ4n) is 1.89. The Hall–Kier alpha value is -1.06. The molecule has 1 unspecified atom stereocenters. The van der Waals surface area contributed by atoms with Crippen LogP contribution in [-0.4, -0.2) is 53.6 Å². The fourth-order valence-corrected chi connectivity index (χ4v) is 3.22. The largest absolute Gasteiger partial charge is 0.347 e. The maximum atomic E-state index is 11.8. The molecular weight excluding hydrogens is 276 g/mol. The first kappa shape index (κ1) is 13.4. The van der Waals surface area contributed by atoms with E-state index < -0.39 is 10.0 Å². The van der Waals surface area contributed by atoms with Gasteiger partial charge in [-0.15, -0.1) is 5.10 Å². The van der Waals surface area contributed by atoms with Crippen molar-refractivity contribution in [3.63, 3.8) is 0 Å². The quantitative estimate of drug-likeness (QED) is 0.824. The number of rotatable bonds is 3. The lowest BCUT2D eigenvalue weighted by Crippen LogP contribution is -2.49. The average Bonchev–Trinajstić information content (AvgIpc) is 2.81. The van der Waals surface area contributed by atoms with E-state index in [9.17, 15) is 13.2 Å². The van der Waals surface area contributed by atoms with Crippen molar-refractivity contribution in [1.82, 2.24) is 19.2 Å². The Balaban J connectivity index is 1.96. The lowest BCUT2D eigenvalue weighted by molar-refractivity contribution is 0.0925. The third-order valence-electron chi connectivity index (χ3n) is 2.77. The summed E-state index contributed by atoms with van der Waals surface area (Å²) in [6, 6.07) is -0.150. The molecule has 1 N–H and O–H groups in total. The number of sulfonamides is 1. The van der Waals surface area contributed by atoms with Crippen LogP contribution in [0.2, 0.25) is 0 Å². The minimum Gasteiger partial charge on any atom is -0.347 e. The molecule has 18 heavy (non-hydrogen) atoms. The van der Waals surface area contributed by atoms with E-state index in [1.54, 1.807) is 0 Å². The van der Waals surface area contributed by atoms with Crippen molar-refractivity contribution in [2.75, 3.05) is 19.3 Å². The summed E-state index contributed by atoms with van der Waals surface area (Å²) in [5, 5.41) is 6.40. The highest BCUT2D eigenvalue weighted by Crippen LogP contribution is 2.14. The van der Waals surface area contributed by atoms with Gasteiger partial charge in [-0.2, -0.15) is 0 Å². The molecule has 0 spiro atoms. The molecule has 0 saturated carbocycles. The van der Waals surface area contributed by atoms with Gasteiger partial charge in [-0.3, -0.25) is 4.79 Å². The zero-order valence-electron chi connectivity index (χ0n) is 9.87. The molecule has 9 heteroatoms. The number of carbonyl (C=O) groups is 1. The molecule has 1 atom stereocenters. The second-order valence-electron chi connectivity index (χ2n) is 4.22. The van der Waals surface area contributed by atoms with Gasteiger partial charge in [-0.05, 0) is 24.4 Å². The fraction of sp³-hybridized carbons (Fsp3) is 0.667. The maximum Gasteiger partial charge on any atom is 0.264 e. The summed E-state index contributed by atoms with van der Waals surface area (Å²) < 4.78 is 27.9. The van der Waals surface area contributed by atoms with E-state index in [-0.39, 0.29) is 11.9 Å². The Morgan fingerprint density at radius 3 is 3.00 bits per heavy atom. The summed E-state index contributed by atoms with van der Waals surface area (Å²) in [5.41, 5.74) is 0. The standard InChI is InChI=1S/C9H14N4O3S2/c1-18(15,16)13-4-2-3-7(6-13)11-9(14)8-5-10-12-17-8/h5,7H,2-4,6H2,1H3,(H,11,14). The zero-order chi connectivity index (χ0) is 13.2. The Kier molecular flexibility index (Phi) is 3.93. The van der Waals surface area contributed by atoms with E-state index >= 15 is 0 Å². The smallest absolute Gasteiger partial charge is 0.264 e. The van der Waals surface area contributed by atoms with Crippen LogP contribution in [0.15, 0.2) is 6.20 Å². The highest BCUT2D eigenvalue weighted by Gasteiger charge is 2.27. The van der Waals surface area contributed by atoms with E-state index in [0.717, 1.165) is 24.4 Å². The number of aromatic nitrogens is 2. The van der Waals surface area contributed by atoms with E-state index in [0.29, 0.717) is 18.0 Å². The Labute approximate surface area is 109 Å². The van der Waals surface area contributed by atoms with E-state index in [1.807, 2.05) is 0 Å². The molecule has 1 aromatic heterocycles. The highest BCUT2D eigenvalue weighted by molar-refractivity contribution is 7.88. The van der Waals surface area contributed by atoms with Gasteiger partial charge < -0.3 is 5.32 Å². The van der Waals surface area contributed by atoms with Gasteiger partial charge in [0.25, 0.3) is 5.91 Å². The topological polar surface area (TPSA) is 92.3 Å². The van der Waals surface area contributed by atoms with Gasteiger partial charge in [0.1, 0.15) is 4.88 Å². The highest BCUT2D eigenvalue weighted by atomic mass is 32.2. The van der Waals surface area contributed by atoms with Crippen LogP contribution in [0.4, 0.5) is 0 Å². The minimum absolute atomic E-state index is 0.150. The summed E-state index contributed by atoms with van der Waals surface area (Å²) >= 11 is 1.02. The van der Waals surface area contributed by atoms with Crippen molar-refractivity contribution in [1.29, 1.82) is 0 Å². The first-order chi connectivity index (χ1) is 8.47. The Morgan fingerprint density at radius 2 is 2.39 bits per heavy atom. The van der Waals surface area contributed by atoms with Crippen molar-refractivity contribution >= 4 is 27.5 Å². The maximum absolute atomic E-state index is 11.8. The van der Waals surface area contributed by atoms with Crippen molar-refractivity contribution in [3.05, 3.63) is 11.1 Å². The summed E-state index contributed by atoms with van der Waals surface area (Å²) in [6.45, 7) is 0.851. The van der Waals surface area contributed by atoms with Crippen LogP contribution in [0.3, 0.4) is 0 Å². The number of carbonyl (C=O) groups excluding carboxylic acids is 1. The minimum atomic E-state index is -3.19. The number of hydrogen-bond acceptors (Lipinski definition) is 6. The molecule has 2 heterocycles. The average molecular weight is 290 g/mol. The molecule has 7 nitrogen and oxygen atoms in total. The van der Waals surface area contributed by atoms with Crippen molar-refractivity contribution in [2.45, 2.75) is 18.9 Å². The van der Waals surface area contributed by atoms with Gasteiger partial charge in [0, 0.05) is 19.1 Å². The number of piperidine rings is 1. The first-order valence-corrected chi connectivity index (χ1v) is 8.12. The van der Waals surface area contributed by atoms with E-state index in [2.05, 4.69) is 14.9 Å². The van der Waals surface area contributed by atoms with Crippen LogP contribution in [0.25, 0.3) is 0 Å². The normalized spacial score (nSPS) is 21.7. The Bertz CT molecular complexity index is 514. The van der Waals surface area contributed by atoms with Crippen LogP contribution in [0, 0.1) is 0 Å². The van der Waals surface area contributed by atoms with Crippen molar-refractivity contribution < 1.29 is 13.2 Å². The number of nitrogens with one attached hydrogen (secondary N) is 1. The summed E-state index contributed by atoms with van der Waals surface area (Å²) in [7, 11) is -3.19. The zero-order valence-corrected chi connectivity index (χ0v) is 11.5. The van der Waals surface area contributed by atoms with Gasteiger partial charge in [0.05, 0.1) is 12.5 Å². The predicted molar refractivity (Wildman–Crippen MR) is 66.8 cm³/mol. The second kappa shape index (κ2) is 5.29. The van der Waals surface area contributed by atoms with Gasteiger partial charge in [-0.1, -0.05) is 4.49 Å². The summed E-state index contributed by atoms with van der Waals surface area (Å²) in [4.78, 5) is 12.2. The molecule has 0 radical (unpaired) electrons. The van der Waals surface area contributed by atoms with E-state index in [4.69, 9.17) is 0 Å². The number of amides is 1. The summed E-state index contributed by atoms with van der Waals surface area (Å²) in [5.74, 6) is -0.245. The first-order valence-electron chi connectivity index (χ1n) is 5.50. The van der Waals surface area contributed by atoms with Gasteiger partial charge in [0.15, 0.2) is 0 Å². The molecule has 0 aliphatic carbocycles. The molecular formula is C9H14N4O3S2. The van der Waals surface area contributed by atoms with Crippen molar-refractivity contribution in [2.24, 2.45) is 0 Å². The van der Waals surface area contributed by atoms with Crippen LogP contribution in [0.1, 0.15) is 22.5 Å². The third-order valence-corrected chi connectivity index (χ3v) is 4.71. The molecule has 0 aromatic carbocycles. The van der Waals surface area contributed by atoms with Crippen molar-refractivity contribution in [3.8, 4) is 0 Å². The van der Waals surface area contributed by atoms with Crippen LogP contribution < -0.4 is 5.32 Å². The second-order valence-corrected chi connectivity index (χ2v) is 6.98. The van der Waals surface area contributed by atoms with Crippen LogP contribution in [0.5, 0.6) is 0 Å². The van der Waals surface area contributed by atoms with Gasteiger partial charge in [-0.25, -0.2) is 12.7 Å². The van der Waals surface area contributed by atoms with Gasteiger partial charge >= 0.3 is 0 Å². The predicted octanol–water partition coefficient (Wildman–Crippen LogP) is -0.308. The van der Waals surface area contributed by atoms with Crippen LogP contribution in [-0.2, 0) is 10.0 Å². The summed E-state index contributed by atoms with van der Waals surface area (Å²) in [6.07, 6.45) is 4.12. The molecule has 1 aliphatic heterocycles. The SMILES string of the molecule is CS(=O)(=O)N1CCCC(NC(=O)c2cnns2)C1. The molecule has 1 aliphatic rings. The monoisotopic (exact) mass is 290 g/mol. The molecule has 1 fully saturated rings. The lowest BCUT2D eigenvalue weighted by atomic mass is 10.1. The molecule has 1 aromatic rings. The van der Waals surface area contributed by atoms with Gasteiger partial charge in [0.2, 0.25) is 10.0 Å². The molecule has 1 saturated heterocycles. The van der Waals surface area contributed by atoms with Crippen LogP contribution >= 0.6 is 11.5 Å². The molecule has 2 rings (SSSR count). The lowest BCUT2D eigenvalue weighted by Gasteiger charge is -2.31.